The molecule has 1 aromatic carbocycles. The molecule has 8 heteroatoms. The number of hydrogen-bond acceptors (Lipinski definition) is 5. The van der Waals surface area contributed by atoms with Crippen molar-refractivity contribution in [1.82, 2.24) is 25.2 Å². The van der Waals surface area contributed by atoms with Crippen molar-refractivity contribution >= 4 is 28.7 Å². The summed E-state index contributed by atoms with van der Waals surface area (Å²) >= 11 is 3.39. The molecule has 154 valence electrons. The average molecular weight is 438 g/mol. The summed E-state index contributed by atoms with van der Waals surface area (Å²) in [5.74, 6) is 0. The van der Waals surface area contributed by atoms with Crippen molar-refractivity contribution in [1.29, 1.82) is 0 Å². The smallest absolute Gasteiger partial charge is 0.315 e. The summed E-state index contributed by atoms with van der Waals surface area (Å²) in [7, 11) is 0. The van der Waals surface area contributed by atoms with Gasteiger partial charge in [-0.05, 0) is 36.6 Å². The normalized spacial score (nSPS) is 10.8. The number of thiazole rings is 1. The predicted molar refractivity (Wildman–Crippen MR) is 122 cm³/mol. The molecule has 2 amide bonds. The molecule has 30 heavy (non-hydrogen) atoms. The molecule has 0 fully saturated rings. The fourth-order valence-electron chi connectivity index (χ4n) is 3.02. The average Bonchev–Trinajstić information content (AvgIpc) is 3.50. The highest BCUT2D eigenvalue weighted by molar-refractivity contribution is 7.16. The molecule has 3 heterocycles. The number of aryl methyl sites for hydroxylation is 1. The molecule has 0 aliphatic carbocycles. The van der Waals surface area contributed by atoms with Crippen LogP contribution >= 0.6 is 22.7 Å². The van der Waals surface area contributed by atoms with Gasteiger partial charge in [0.05, 0.1) is 21.9 Å². The van der Waals surface area contributed by atoms with Crippen LogP contribution in [-0.2, 0) is 19.5 Å². The summed E-state index contributed by atoms with van der Waals surface area (Å²) in [6.45, 7) is 3.91. The summed E-state index contributed by atoms with van der Waals surface area (Å²) in [5.41, 5.74) is 3.31. The van der Waals surface area contributed by atoms with Crippen LogP contribution < -0.4 is 10.6 Å². The van der Waals surface area contributed by atoms with Crippen molar-refractivity contribution in [3.8, 4) is 10.6 Å². The maximum atomic E-state index is 12.1. The lowest BCUT2D eigenvalue weighted by Gasteiger charge is -2.08. The number of carbonyl (C=O) groups excluding carboxylic acids is 1. The number of hydrogen-bond donors (Lipinski definition) is 2. The zero-order valence-corrected chi connectivity index (χ0v) is 18.3. The number of rotatable bonds is 8. The van der Waals surface area contributed by atoms with Crippen LogP contribution in [0.2, 0.25) is 0 Å². The summed E-state index contributed by atoms with van der Waals surface area (Å²) in [4.78, 5) is 23.1. The number of nitrogens with zero attached hydrogens (tertiary/aromatic N) is 3. The fraction of sp³-hybridized carbons (Fsp3) is 0.227. The van der Waals surface area contributed by atoms with Crippen LogP contribution in [0.1, 0.15) is 21.0 Å². The number of benzene rings is 1. The molecule has 4 rings (SSSR count). The van der Waals surface area contributed by atoms with Crippen molar-refractivity contribution < 1.29 is 4.79 Å². The molecule has 0 spiro atoms. The van der Waals surface area contributed by atoms with E-state index in [0.29, 0.717) is 13.1 Å². The third kappa shape index (κ3) is 5.55. The Hall–Kier alpha value is -2.97. The molecule has 0 atom stereocenters. The summed E-state index contributed by atoms with van der Waals surface area (Å²) in [6.07, 6.45) is 6.33. The van der Waals surface area contributed by atoms with E-state index < -0.39 is 0 Å². The Balaban J connectivity index is 1.18. The monoisotopic (exact) mass is 437 g/mol. The Morgan fingerprint density at radius 2 is 1.93 bits per heavy atom. The van der Waals surface area contributed by atoms with Gasteiger partial charge in [-0.3, -0.25) is 0 Å². The number of amides is 2. The minimum atomic E-state index is -0.149. The Kier molecular flexibility index (Phi) is 6.56. The van der Waals surface area contributed by atoms with Gasteiger partial charge in [-0.2, -0.15) is 0 Å². The molecule has 0 bridgehead atoms. The van der Waals surface area contributed by atoms with Crippen LogP contribution in [0.25, 0.3) is 10.6 Å². The lowest BCUT2D eigenvalue weighted by molar-refractivity contribution is 0.240. The van der Waals surface area contributed by atoms with Crippen LogP contribution in [-0.4, -0.2) is 27.1 Å². The highest BCUT2D eigenvalue weighted by Gasteiger charge is 2.07. The van der Waals surface area contributed by atoms with Gasteiger partial charge < -0.3 is 15.2 Å². The van der Waals surface area contributed by atoms with Gasteiger partial charge in [0.25, 0.3) is 0 Å². The van der Waals surface area contributed by atoms with Crippen molar-refractivity contribution in [3.63, 3.8) is 0 Å². The molecule has 3 aromatic heterocycles. The zero-order valence-electron chi connectivity index (χ0n) is 16.7. The topological polar surface area (TPSA) is 71.8 Å². The molecule has 0 unspecified atom stereocenters. The molecule has 0 saturated carbocycles. The third-order valence-corrected chi connectivity index (χ3v) is 6.53. The first-order chi connectivity index (χ1) is 14.7. The standard InChI is InChI=1S/C22H23N5OS2/c1-16-26-20(14-29-16)21-7-6-19(30-21)8-9-24-22(28)25-12-17-2-4-18(5-3-17)13-27-11-10-23-15-27/h2-7,10-11,14-15H,8-9,12-13H2,1H3,(H2,24,25,28). The van der Waals surface area contributed by atoms with E-state index in [1.54, 1.807) is 35.2 Å². The van der Waals surface area contributed by atoms with E-state index in [-0.39, 0.29) is 6.03 Å². The minimum Gasteiger partial charge on any atom is -0.338 e. The van der Waals surface area contributed by atoms with Gasteiger partial charge in [0.15, 0.2) is 0 Å². The zero-order chi connectivity index (χ0) is 20.8. The Morgan fingerprint density at radius 1 is 1.10 bits per heavy atom. The highest BCUT2D eigenvalue weighted by Crippen LogP contribution is 2.29. The summed E-state index contributed by atoms with van der Waals surface area (Å²) in [6, 6.07) is 12.3. The van der Waals surface area contributed by atoms with Crippen molar-refractivity contribution in [2.45, 2.75) is 26.4 Å². The summed E-state index contributed by atoms with van der Waals surface area (Å²) < 4.78 is 2.02. The van der Waals surface area contributed by atoms with Crippen LogP contribution in [0.15, 0.2) is 60.5 Å². The first-order valence-corrected chi connectivity index (χ1v) is 11.4. The second kappa shape index (κ2) is 9.69. The minimum absolute atomic E-state index is 0.149. The molecule has 2 N–H and O–H groups in total. The van der Waals surface area contributed by atoms with Gasteiger partial charge in [0, 0.05) is 42.3 Å². The number of aromatic nitrogens is 3. The van der Waals surface area contributed by atoms with E-state index >= 15 is 0 Å². The van der Waals surface area contributed by atoms with E-state index in [2.05, 4.69) is 50.2 Å². The SMILES string of the molecule is Cc1nc(-c2ccc(CCNC(=O)NCc3ccc(Cn4ccnc4)cc3)s2)cs1. The van der Waals surface area contributed by atoms with E-state index in [9.17, 15) is 4.79 Å². The van der Waals surface area contributed by atoms with E-state index in [1.807, 2.05) is 29.8 Å². The number of thiophene rings is 1. The van der Waals surface area contributed by atoms with E-state index in [1.165, 1.54) is 15.3 Å². The van der Waals surface area contributed by atoms with E-state index in [4.69, 9.17) is 0 Å². The molecule has 4 aromatic rings. The van der Waals surface area contributed by atoms with Crippen molar-refractivity contribution in [2.75, 3.05) is 6.54 Å². The quantitative estimate of drug-likeness (QED) is 0.427. The molecule has 0 radical (unpaired) electrons. The van der Waals surface area contributed by atoms with Gasteiger partial charge in [-0.1, -0.05) is 24.3 Å². The van der Waals surface area contributed by atoms with Crippen LogP contribution in [0, 0.1) is 6.92 Å². The molecule has 0 aliphatic rings. The lowest BCUT2D eigenvalue weighted by atomic mass is 10.1. The highest BCUT2D eigenvalue weighted by atomic mass is 32.1. The van der Waals surface area contributed by atoms with Gasteiger partial charge in [0.2, 0.25) is 0 Å². The molecular formula is C22H23N5OS2. The number of imidazole rings is 1. The van der Waals surface area contributed by atoms with Crippen LogP contribution in [0.5, 0.6) is 0 Å². The van der Waals surface area contributed by atoms with Gasteiger partial charge >= 0.3 is 6.03 Å². The van der Waals surface area contributed by atoms with Crippen molar-refractivity contribution in [3.05, 3.63) is 81.5 Å². The Labute approximate surface area is 183 Å². The summed E-state index contributed by atoms with van der Waals surface area (Å²) in [5, 5.41) is 9.00. The first-order valence-electron chi connectivity index (χ1n) is 9.72. The van der Waals surface area contributed by atoms with Crippen molar-refractivity contribution in [2.24, 2.45) is 0 Å². The molecule has 0 aliphatic heterocycles. The number of urea groups is 1. The van der Waals surface area contributed by atoms with Gasteiger partial charge in [-0.25, -0.2) is 14.8 Å². The third-order valence-electron chi connectivity index (χ3n) is 4.59. The van der Waals surface area contributed by atoms with E-state index in [0.717, 1.165) is 29.2 Å². The Morgan fingerprint density at radius 3 is 2.67 bits per heavy atom. The maximum Gasteiger partial charge on any atom is 0.315 e. The van der Waals surface area contributed by atoms with Crippen LogP contribution in [0.4, 0.5) is 4.79 Å². The van der Waals surface area contributed by atoms with Gasteiger partial charge in [0.1, 0.15) is 0 Å². The first kappa shape index (κ1) is 20.3. The number of carbonyl (C=O) groups is 1. The largest absolute Gasteiger partial charge is 0.338 e. The fourth-order valence-corrected chi connectivity index (χ4v) is 4.68. The molecule has 0 saturated heterocycles. The maximum absolute atomic E-state index is 12.1. The molecular weight excluding hydrogens is 414 g/mol. The number of nitrogens with one attached hydrogen (secondary N) is 2. The lowest BCUT2D eigenvalue weighted by Crippen LogP contribution is -2.36. The molecule has 6 nitrogen and oxygen atoms in total. The Bertz CT molecular complexity index is 1080. The second-order valence-corrected chi connectivity index (χ2v) is 9.16. The predicted octanol–water partition coefficient (Wildman–Crippen LogP) is 4.47. The second-order valence-electron chi connectivity index (χ2n) is 6.93. The van der Waals surface area contributed by atoms with Gasteiger partial charge in [-0.15, -0.1) is 22.7 Å². The van der Waals surface area contributed by atoms with Crippen LogP contribution in [0.3, 0.4) is 0 Å².